The molecule has 1 aromatic rings. The molecule has 0 bridgehead atoms. The third kappa shape index (κ3) is 1.49. The zero-order valence-electron chi connectivity index (χ0n) is 7.67. The van der Waals surface area contributed by atoms with Crippen LogP contribution in [0.5, 0.6) is 0 Å². The van der Waals surface area contributed by atoms with E-state index < -0.39 is 0 Å². The summed E-state index contributed by atoms with van der Waals surface area (Å²) in [7, 11) is 0. The molecule has 5 heteroatoms. The van der Waals surface area contributed by atoms with Gasteiger partial charge in [0.05, 0.1) is 11.3 Å². The first-order valence-corrected chi connectivity index (χ1v) is 4.98. The van der Waals surface area contributed by atoms with Crippen molar-refractivity contribution in [3.63, 3.8) is 0 Å². The number of carbonyl (C=O) groups excluding carboxylic acids is 1. The molecule has 0 saturated carbocycles. The summed E-state index contributed by atoms with van der Waals surface area (Å²) in [6, 6.07) is 0. The second-order valence-corrected chi connectivity index (χ2v) is 3.71. The first-order valence-electron chi connectivity index (χ1n) is 4.57. The number of rotatable bonds is 1. The van der Waals surface area contributed by atoms with Gasteiger partial charge in [0.2, 0.25) is 0 Å². The number of aromatic amines is 1. The van der Waals surface area contributed by atoms with E-state index in [0.29, 0.717) is 22.4 Å². The van der Waals surface area contributed by atoms with E-state index in [1.807, 2.05) is 0 Å². The molecule has 0 aliphatic heterocycles. The van der Waals surface area contributed by atoms with Gasteiger partial charge in [0.25, 0.3) is 0 Å². The van der Waals surface area contributed by atoms with Crippen LogP contribution in [0.2, 0.25) is 0 Å². The minimum atomic E-state index is 0.130. The van der Waals surface area contributed by atoms with Crippen LogP contribution < -0.4 is 5.73 Å². The summed E-state index contributed by atoms with van der Waals surface area (Å²) >= 11 is 4.96. The minimum absolute atomic E-state index is 0.130. The highest BCUT2D eigenvalue weighted by Crippen LogP contribution is 2.21. The molecule has 0 fully saturated rings. The van der Waals surface area contributed by atoms with Crippen molar-refractivity contribution in [1.29, 1.82) is 0 Å². The van der Waals surface area contributed by atoms with Gasteiger partial charge in [-0.1, -0.05) is 0 Å². The van der Waals surface area contributed by atoms with Gasteiger partial charge in [0.1, 0.15) is 0 Å². The van der Waals surface area contributed by atoms with Crippen molar-refractivity contribution < 1.29 is 4.79 Å². The van der Waals surface area contributed by atoms with Gasteiger partial charge in [-0.25, -0.2) is 4.98 Å². The predicted molar refractivity (Wildman–Crippen MR) is 54.6 cm³/mol. The Morgan fingerprint density at radius 3 is 3.00 bits per heavy atom. The number of nitrogens with one attached hydrogen (secondary N) is 1. The molecule has 0 atom stereocenters. The van der Waals surface area contributed by atoms with E-state index in [4.69, 9.17) is 18.0 Å². The maximum absolute atomic E-state index is 11.6. The summed E-state index contributed by atoms with van der Waals surface area (Å²) in [5.41, 5.74) is 7.74. The molecule has 0 saturated heterocycles. The maximum Gasteiger partial charge on any atom is 0.197 e. The average Bonchev–Trinajstić information content (AvgIpc) is 2.16. The summed E-state index contributed by atoms with van der Waals surface area (Å²) in [6.07, 6.45) is 2.33. The van der Waals surface area contributed by atoms with E-state index in [1.54, 1.807) is 0 Å². The Labute approximate surface area is 86.5 Å². The molecule has 0 radical (unpaired) electrons. The fourth-order valence-corrected chi connectivity index (χ4v) is 2.02. The predicted octanol–water partition coefficient (Wildman–Crippen LogP) is 1.12. The summed E-state index contributed by atoms with van der Waals surface area (Å²) in [5.74, 6) is 0.130. The van der Waals surface area contributed by atoms with Crippen molar-refractivity contribution in [3.8, 4) is 0 Å². The van der Waals surface area contributed by atoms with E-state index >= 15 is 0 Å². The van der Waals surface area contributed by atoms with Crippen LogP contribution in [0.15, 0.2) is 0 Å². The van der Waals surface area contributed by atoms with Crippen LogP contribution in [0.4, 0.5) is 0 Å². The number of aromatic nitrogens is 2. The third-order valence-corrected chi connectivity index (χ3v) is 2.58. The van der Waals surface area contributed by atoms with E-state index in [0.717, 1.165) is 18.5 Å². The highest BCUT2D eigenvalue weighted by Gasteiger charge is 2.21. The van der Waals surface area contributed by atoms with E-state index in [2.05, 4.69) is 9.97 Å². The molecule has 0 spiro atoms. The van der Waals surface area contributed by atoms with E-state index in [-0.39, 0.29) is 12.3 Å². The second-order valence-electron chi connectivity index (χ2n) is 3.32. The number of aryl methyl sites for hydroxylation is 1. The lowest BCUT2D eigenvalue weighted by molar-refractivity contribution is 0.0970. The number of fused-ring (bicyclic) bond motifs is 1. The third-order valence-electron chi connectivity index (χ3n) is 2.39. The molecule has 1 aliphatic rings. The number of carbonyl (C=O) groups is 1. The van der Waals surface area contributed by atoms with Crippen LogP contribution in [0.1, 0.15) is 34.6 Å². The molecule has 0 unspecified atom stereocenters. The second kappa shape index (κ2) is 3.59. The zero-order chi connectivity index (χ0) is 10.1. The number of nitrogens with two attached hydrogens (primary N) is 1. The van der Waals surface area contributed by atoms with Crippen LogP contribution >= 0.6 is 12.2 Å². The van der Waals surface area contributed by atoms with Gasteiger partial charge >= 0.3 is 0 Å². The van der Waals surface area contributed by atoms with Crippen LogP contribution in [0.3, 0.4) is 0 Å². The first kappa shape index (κ1) is 9.48. The zero-order valence-corrected chi connectivity index (χ0v) is 8.49. The van der Waals surface area contributed by atoms with Gasteiger partial charge in [0, 0.05) is 18.7 Å². The minimum Gasteiger partial charge on any atom is -0.334 e. The van der Waals surface area contributed by atoms with Crippen molar-refractivity contribution in [2.45, 2.75) is 25.8 Å². The quantitative estimate of drug-likeness (QED) is 0.680. The molecular weight excluding hydrogens is 198 g/mol. The normalized spacial score (nSPS) is 15.4. The molecule has 74 valence electrons. The molecule has 0 amide bonds. The van der Waals surface area contributed by atoms with Crippen molar-refractivity contribution >= 4 is 18.0 Å². The van der Waals surface area contributed by atoms with Crippen LogP contribution in [0, 0.1) is 4.77 Å². The lowest BCUT2D eigenvalue weighted by Gasteiger charge is -2.16. The summed E-state index contributed by atoms with van der Waals surface area (Å²) in [6.45, 7) is 0.270. The van der Waals surface area contributed by atoms with E-state index in [1.165, 1.54) is 0 Å². The topological polar surface area (TPSA) is 71.8 Å². The number of Topliss-reactive ketones (excluding diaryl/α,β-unsaturated/α-hetero) is 1. The SMILES string of the molecule is NCc1nc(=S)[nH]c2c1C(=O)CCC2. The highest BCUT2D eigenvalue weighted by molar-refractivity contribution is 7.71. The van der Waals surface area contributed by atoms with Crippen molar-refractivity contribution in [1.82, 2.24) is 9.97 Å². The van der Waals surface area contributed by atoms with Crippen molar-refractivity contribution in [2.24, 2.45) is 5.73 Å². The average molecular weight is 209 g/mol. The molecule has 1 aromatic heterocycles. The Balaban J connectivity index is 2.67. The molecule has 1 heterocycles. The number of hydrogen-bond acceptors (Lipinski definition) is 4. The Morgan fingerprint density at radius 1 is 1.50 bits per heavy atom. The number of ketones is 1. The van der Waals surface area contributed by atoms with Gasteiger partial charge in [-0.3, -0.25) is 4.79 Å². The van der Waals surface area contributed by atoms with Gasteiger partial charge in [-0.05, 0) is 25.1 Å². The number of H-pyrrole nitrogens is 1. The molecule has 3 N–H and O–H groups in total. The van der Waals surface area contributed by atoms with Crippen molar-refractivity contribution in [2.75, 3.05) is 0 Å². The number of hydrogen-bond donors (Lipinski definition) is 2. The molecular formula is C9H11N3OS. The summed E-state index contributed by atoms with van der Waals surface area (Å²) < 4.78 is 0.416. The maximum atomic E-state index is 11.6. The molecule has 0 aromatic carbocycles. The Morgan fingerprint density at radius 2 is 2.29 bits per heavy atom. The van der Waals surface area contributed by atoms with Gasteiger partial charge in [-0.2, -0.15) is 0 Å². The molecule has 1 aliphatic carbocycles. The summed E-state index contributed by atoms with van der Waals surface area (Å²) in [4.78, 5) is 18.7. The lowest BCUT2D eigenvalue weighted by Crippen LogP contribution is -2.19. The fraction of sp³-hybridized carbons (Fsp3) is 0.444. The molecule has 2 rings (SSSR count). The Hall–Kier alpha value is -1.07. The van der Waals surface area contributed by atoms with Crippen LogP contribution in [-0.4, -0.2) is 15.8 Å². The highest BCUT2D eigenvalue weighted by atomic mass is 32.1. The lowest BCUT2D eigenvalue weighted by atomic mass is 9.93. The fourth-order valence-electron chi connectivity index (χ4n) is 1.79. The van der Waals surface area contributed by atoms with Gasteiger partial charge < -0.3 is 10.7 Å². The standard InChI is InChI=1S/C9H11N3OS/c10-4-6-8-5(11-9(14)12-6)2-1-3-7(8)13/h1-4,10H2,(H,11,12,14). The first-order chi connectivity index (χ1) is 6.72. The smallest absolute Gasteiger partial charge is 0.197 e. The Bertz CT molecular complexity index is 418. The molecule has 14 heavy (non-hydrogen) atoms. The van der Waals surface area contributed by atoms with E-state index in [9.17, 15) is 4.79 Å². The van der Waals surface area contributed by atoms with Gasteiger partial charge in [0.15, 0.2) is 10.6 Å². The Kier molecular flexibility index (Phi) is 2.43. The van der Waals surface area contributed by atoms with Crippen molar-refractivity contribution in [3.05, 3.63) is 21.7 Å². The van der Waals surface area contributed by atoms with Crippen LogP contribution in [0.25, 0.3) is 0 Å². The van der Waals surface area contributed by atoms with Crippen LogP contribution in [-0.2, 0) is 13.0 Å². The summed E-state index contributed by atoms with van der Waals surface area (Å²) in [5, 5.41) is 0. The number of nitrogens with zero attached hydrogens (tertiary/aromatic N) is 1. The largest absolute Gasteiger partial charge is 0.334 e. The monoisotopic (exact) mass is 209 g/mol. The van der Waals surface area contributed by atoms with Gasteiger partial charge in [-0.15, -0.1) is 0 Å². The molecule has 4 nitrogen and oxygen atoms in total.